The van der Waals surface area contributed by atoms with Crippen LogP contribution in [0.2, 0.25) is 5.02 Å². The zero-order valence-electron chi connectivity index (χ0n) is 53.1. The predicted octanol–water partition coefficient (Wildman–Crippen LogP) is 12.5. The Morgan fingerprint density at radius 3 is 1.17 bits per heavy atom. The number of carboxylic acids is 6. The molecule has 0 amide bonds. The molecule has 0 aliphatic rings. The minimum atomic E-state index is -0.969. The third kappa shape index (κ3) is 35.7. The first kappa shape index (κ1) is 78.2. The van der Waals surface area contributed by atoms with Crippen molar-refractivity contribution >= 4 is 47.4 Å². The van der Waals surface area contributed by atoms with E-state index in [0.29, 0.717) is 38.1 Å². The van der Waals surface area contributed by atoms with Crippen LogP contribution in [0.3, 0.4) is 0 Å². The van der Waals surface area contributed by atoms with Crippen LogP contribution >= 0.6 is 11.6 Å². The van der Waals surface area contributed by atoms with E-state index in [2.05, 4.69) is 76.2 Å². The lowest BCUT2D eigenvalue weighted by Gasteiger charge is -2.14. The zero-order chi connectivity index (χ0) is 66.5. The summed E-state index contributed by atoms with van der Waals surface area (Å²) in [6, 6.07) is 32.3. The minimum Gasteiger partial charge on any atom is -0.480 e. The van der Waals surface area contributed by atoms with Gasteiger partial charge in [0.05, 0.1) is 39.6 Å². The highest BCUT2D eigenvalue weighted by Gasteiger charge is 2.10. The fourth-order valence-corrected chi connectivity index (χ4v) is 8.38. The van der Waals surface area contributed by atoms with Crippen molar-refractivity contribution in [2.24, 2.45) is 0 Å². The molecule has 6 rings (SSSR count). The van der Waals surface area contributed by atoms with Crippen LogP contribution in [-0.4, -0.2) is 119 Å². The first-order valence-corrected chi connectivity index (χ1v) is 28.6. The van der Waals surface area contributed by atoms with Crippen molar-refractivity contribution in [3.05, 3.63) is 208 Å². The average molecular weight is 1240 g/mol. The van der Waals surface area contributed by atoms with Gasteiger partial charge < -0.3 is 59.1 Å². The van der Waals surface area contributed by atoms with Crippen molar-refractivity contribution in [3.63, 3.8) is 0 Å². The molecule has 18 nitrogen and oxygen atoms in total. The van der Waals surface area contributed by atoms with Crippen molar-refractivity contribution in [2.45, 2.75) is 129 Å². The van der Waals surface area contributed by atoms with Crippen LogP contribution in [0, 0.1) is 90.0 Å². The number of hydrogen-bond acceptors (Lipinski definition) is 12. The molecule has 0 aromatic heterocycles. The van der Waals surface area contributed by atoms with E-state index in [0.717, 1.165) is 57.3 Å². The van der Waals surface area contributed by atoms with Gasteiger partial charge in [0.15, 0.2) is 0 Å². The Hall–Kier alpha value is -7.81. The van der Waals surface area contributed by atoms with Crippen LogP contribution in [0.5, 0.6) is 0 Å². The number of hydrogen-bond donors (Lipinski definition) is 6. The second-order valence-corrected chi connectivity index (χ2v) is 21.5. The van der Waals surface area contributed by atoms with Gasteiger partial charge in [-0.3, -0.25) is 0 Å². The maximum atomic E-state index is 10.4. The zero-order valence-corrected chi connectivity index (χ0v) is 53.9. The highest BCUT2D eigenvalue weighted by atomic mass is 35.5. The number of ether oxygens (including phenoxy) is 6. The molecular formula is C69H89ClO18. The van der Waals surface area contributed by atoms with E-state index in [-0.39, 0.29) is 46.2 Å². The first-order valence-electron chi connectivity index (χ1n) is 28.2. The molecule has 0 saturated carbocycles. The van der Waals surface area contributed by atoms with Gasteiger partial charge in [0.2, 0.25) is 0 Å². The molecule has 0 unspecified atom stereocenters. The van der Waals surface area contributed by atoms with E-state index in [1.54, 1.807) is 6.07 Å². The third-order valence-corrected chi connectivity index (χ3v) is 13.4. The molecule has 480 valence electrons. The van der Waals surface area contributed by atoms with Crippen LogP contribution in [0.15, 0.2) is 97.1 Å². The van der Waals surface area contributed by atoms with Crippen molar-refractivity contribution in [1.82, 2.24) is 0 Å². The van der Waals surface area contributed by atoms with Gasteiger partial charge in [-0.05, 0) is 187 Å². The summed E-state index contributed by atoms with van der Waals surface area (Å²) in [6.45, 7) is 27.1. The highest BCUT2D eigenvalue weighted by Crippen LogP contribution is 2.23. The van der Waals surface area contributed by atoms with Gasteiger partial charge in [0.1, 0.15) is 39.6 Å². The molecule has 0 radical (unpaired) electrons. The van der Waals surface area contributed by atoms with E-state index in [1.807, 2.05) is 105 Å². The molecule has 0 saturated heterocycles. The lowest BCUT2D eigenvalue weighted by Crippen LogP contribution is -2.09. The number of aliphatic carboxylic acids is 6. The molecule has 6 N–H and O–H groups in total. The van der Waals surface area contributed by atoms with Crippen LogP contribution in [0.1, 0.15) is 106 Å². The SMILES string of the molecule is Cc1cc(C)c(C)c(COCC(=O)O)c1C.Cc1cc(C)cc(CCOCC(=O)O)c1.Cc1ccc(C)c(CCOCC(=O)O)c1.Cc1ccc(C)c(COCC(=O)O)c1.Cc1ccc(COCC(=O)O)c(C)c1.Cc1ccc(COCC(=O)O)cc1Cl. The lowest BCUT2D eigenvalue weighted by atomic mass is 9.95. The van der Waals surface area contributed by atoms with E-state index in [1.165, 1.54) is 61.2 Å². The van der Waals surface area contributed by atoms with Crippen LogP contribution in [0.25, 0.3) is 0 Å². The summed E-state index contributed by atoms with van der Waals surface area (Å²) in [6.07, 6.45) is 1.52. The van der Waals surface area contributed by atoms with E-state index in [4.69, 9.17) is 70.7 Å². The average Bonchev–Trinajstić information content (AvgIpc) is 3.51. The molecule has 0 fully saturated rings. The van der Waals surface area contributed by atoms with Crippen molar-refractivity contribution in [3.8, 4) is 0 Å². The standard InChI is InChI=1S/C13H18O3.2C12H16O3.2C11H14O3.C10H11ClO3/c1-8-5-9(2)11(4)12(10(8)3)6-16-7-13(14)15;1-9-5-10(2)7-11(6-9)3-4-15-8-12(13)14;1-9-3-4-10(2)11(7-9)5-6-15-8-12(13)14;1-8-3-4-10(9(2)5-8)6-14-7-11(12)13;1-8-3-4-9(2)10(5-8)6-14-7-11(12)13;1-7-2-3-8(4-9(7)11)5-14-6-10(12)13/h5H,6-7H2,1-4H3,(H,14,15);5-7H,3-4,8H2,1-2H3,(H,13,14);3-4,7H,5-6,8H2,1-2H3,(H,13,14);2*3-5H,6-7H2,1-2H3,(H,12,13);2-4H,5-6H2,1H3,(H,12,13). The molecule has 0 aliphatic carbocycles. The van der Waals surface area contributed by atoms with Crippen molar-refractivity contribution in [1.29, 1.82) is 0 Å². The van der Waals surface area contributed by atoms with Gasteiger partial charge >= 0.3 is 35.8 Å². The summed E-state index contributed by atoms with van der Waals surface area (Å²) in [7, 11) is 0. The fourth-order valence-electron chi connectivity index (χ4n) is 8.17. The quantitative estimate of drug-likeness (QED) is 0.0275. The fraction of sp³-hybridized carbons (Fsp3) is 0.391. The molecule has 0 spiro atoms. The summed E-state index contributed by atoms with van der Waals surface area (Å²) in [5.74, 6) is -5.61. The Morgan fingerprint density at radius 1 is 0.318 bits per heavy atom. The Labute approximate surface area is 523 Å². The Morgan fingerprint density at radius 2 is 0.705 bits per heavy atom. The number of carbonyl (C=O) groups is 6. The number of rotatable bonds is 26. The second kappa shape index (κ2) is 42.9. The Balaban J connectivity index is 0.000000528. The van der Waals surface area contributed by atoms with Gasteiger partial charge in [0.25, 0.3) is 0 Å². The molecule has 88 heavy (non-hydrogen) atoms. The van der Waals surface area contributed by atoms with E-state index in [9.17, 15) is 28.8 Å². The summed E-state index contributed by atoms with van der Waals surface area (Å²) >= 11 is 5.88. The third-order valence-electron chi connectivity index (χ3n) is 13.0. The van der Waals surface area contributed by atoms with E-state index >= 15 is 0 Å². The van der Waals surface area contributed by atoms with E-state index < -0.39 is 35.8 Å². The topological polar surface area (TPSA) is 279 Å². The Bertz CT molecular complexity index is 3140. The molecule has 0 heterocycles. The highest BCUT2D eigenvalue weighted by molar-refractivity contribution is 6.31. The smallest absolute Gasteiger partial charge is 0.329 e. The predicted molar refractivity (Wildman–Crippen MR) is 339 cm³/mol. The molecule has 19 heteroatoms. The van der Waals surface area contributed by atoms with Crippen LogP contribution < -0.4 is 0 Å². The lowest BCUT2D eigenvalue weighted by molar-refractivity contribution is -0.143. The second-order valence-electron chi connectivity index (χ2n) is 21.0. The number of carboxylic acid groups (broad SMARTS) is 6. The van der Waals surface area contributed by atoms with Crippen molar-refractivity contribution < 1.29 is 87.8 Å². The summed E-state index contributed by atoms with van der Waals surface area (Å²) < 4.78 is 30.1. The molecule has 6 aromatic carbocycles. The van der Waals surface area contributed by atoms with Gasteiger partial charge in [-0.25, -0.2) is 28.8 Å². The minimum absolute atomic E-state index is 0.217. The maximum Gasteiger partial charge on any atom is 0.329 e. The normalized spacial score (nSPS) is 10.2. The van der Waals surface area contributed by atoms with Crippen LogP contribution in [-0.2, 0) is 96.5 Å². The van der Waals surface area contributed by atoms with Gasteiger partial charge in [-0.15, -0.1) is 0 Å². The summed E-state index contributed by atoms with van der Waals surface area (Å²) in [5.41, 5.74) is 21.8. The largest absolute Gasteiger partial charge is 0.480 e. The van der Waals surface area contributed by atoms with Gasteiger partial charge in [-0.1, -0.05) is 130 Å². The Kier molecular flexibility index (Phi) is 38.2. The molecule has 0 aliphatic heterocycles. The molecular weight excluding hydrogens is 1150 g/mol. The summed E-state index contributed by atoms with van der Waals surface area (Å²) in [5, 5.41) is 51.0. The van der Waals surface area contributed by atoms with Gasteiger partial charge in [-0.2, -0.15) is 0 Å². The molecule has 6 aromatic rings. The number of aryl methyl sites for hydroxylation is 11. The molecule has 0 atom stereocenters. The number of benzene rings is 6. The van der Waals surface area contributed by atoms with Crippen LogP contribution in [0.4, 0.5) is 0 Å². The van der Waals surface area contributed by atoms with Crippen molar-refractivity contribution in [2.75, 3.05) is 52.9 Å². The maximum absolute atomic E-state index is 10.4. The summed E-state index contributed by atoms with van der Waals surface area (Å²) in [4.78, 5) is 61.3. The first-order chi connectivity index (χ1) is 41.4. The molecule has 0 bridgehead atoms. The monoisotopic (exact) mass is 1240 g/mol. The van der Waals surface area contributed by atoms with Gasteiger partial charge in [0, 0.05) is 5.02 Å². The number of halogens is 1.